The van der Waals surface area contributed by atoms with Gasteiger partial charge in [0.05, 0.1) is 6.61 Å². The summed E-state index contributed by atoms with van der Waals surface area (Å²) in [6.45, 7) is 1.11. The summed E-state index contributed by atoms with van der Waals surface area (Å²) in [5, 5.41) is 5.80. The number of amides is 2. The van der Waals surface area contributed by atoms with Gasteiger partial charge in [-0.05, 0) is 54.7 Å². The highest BCUT2D eigenvalue weighted by Gasteiger charge is 2.15. The molecule has 5 nitrogen and oxygen atoms in total. The first kappa shape index (κ1) is 19.4. The van der Waals surface area contributed by atoms with E-state index in [4.69, 9.17) is 4.74 Å². The lowest BCUT2D eigenvalue weighted by Crippen LogP contribution is -2.25. The SMILES string of the molecule is O=C(CCCOc1ccc2c(c1)CCC(=O)N2)NCCc1ccccc1Br. The molecule has 1 aliphatic heterocycles. The number of hydrogen-bond donors (Lipinski definition) is 2. The van der Waals surface area contributed by atoms with Crippen LogP contribution >= 0.6 is 15.9 Å². The van der Waals surface area contributed by atoms with Gasteiger partial charge in [0.1, 0.15) is 5.75 Å². The van der Waals surface area contributed by atoms with Crippen LogP contribution in [0.3, 0.4) is 0 Å². The molecule has 0 saturated carbocycles. The summed E-state index contributed by atoms with van der Waals surface area (Å²) in [6.07, 6.45) is 3.15. The first-order valence-corrected chi connectivity index (χ1v) is 9.97. The lowest BCUT2D eigenvalue weighted by Gasteiger charge is -2.17. The standard InChI is InChI=1S/C21H23BrN2O3/c22-18-5-2-1-4-15(18)11-12-23-20(25)6-3-13-27-17-8-9-19-16(14-17)7-10-21(26)24-19/h1-2,4-5,8-9,14H,3,6-7,10-13H2,(H,23,25)(H,24,26). The van der Waals surface area contributed by atoms with Crippen molar-refractivity contribution in [3.63, 3.8) is 0 Å². The first-order valence-electron chi connectivity index (χ1n) is 9.17. The molecular weight excluding hydrogens is 408 g/mol. The smallest absolute Gasteiger partial charge is 0.224 e. The second-order valence-electron chi connectivity index (χ2n) is 6.51. The van der Waals surface area contributed by atoms with Crippen LogP contribution in [-0.2, 0) is 22.4 Å². The molecule has 27 heavy (non-hydrogen) atoms. The van der Waals surface area contributed by atoms with Crippen molar-refractivity contribution in [1.82, 2.24) is 5.32 Å². The highest BCUT2D eigenvalue weighted by atomic mass is 79.9. The molecule has 142 valence electrons. The number of rotatable bonds is 8. The third-order valence-electron chi connectivity index (χ3n) is 4.46. The van der Waals surface area contributed by atoms with Gasteiger partial charge in [0.25, 0.3) is 0 Å². The normalized spacial score (nSPS) is 12.9. The topological polar surface area (TPSA) is 67.4 Å². The number of aryl methyl sites for hydroxylation is 1. The number of fused-ring (bicyclic) bond motifs is 1. The fourth-order valence-electron chi connectivity index (χ4n) is 3.00. The molecule has 0 radical (unpaired) electrons. The summed E-state index contributed by atoms with van der Waals surface area (Å²) < 4.78 is 6.81. The van der Waals surface area contributed by atoms with Crippen molar-refractivity contribution in [3.8, 4) is 5.75 Å². The monoisotopic (exact) mass is 430 g/mol. The lowest BCUT2D eigenvalue weighted by atomic mass is 10.0. The maximum atomic E-state index is 11.9. The van der Waals surface area contributed by atoms with Gasteiger partial charge in [-0.2, -0.15) is 0 Å². The number of carbonyl (C=O) groups excluding carboxylic acids is 2. The van der Waals surface area contributed by atoms with E-state index < -0.39 is 0 Å². The Morgan fingerprint density at radius 1 is 1.19 bits per heavy atom. The van der Waals surface area contributed by atoms with Crippen molar-refractivity contribution >= 4 is 33.4 Å². The van der Waals surface area contributed by atoms with E-state index in [1.807, 2.05) is 42.5 Å². The molecule has 3 rings (SSSR count). The van der Waals surface area contributed by atoms with Crippen molar-refractivity contribution < 1.29 is 14.3 Å². The zero-order valence-electron chi connectivity index (χ0n) is 15.1. The average molecular weight is 431 g/mol. The molecule has 0 saturated heterocycles. The van der Waals surface area contributed by atoms with E-state index in [1.165, 1.54) is 5.56 Å². The predicted octanol–water partition coefficient (Wildman–Crippen LogP) is 3.85. The number of ether oxygens (including phenoxy) is 1. The van der Waals surface area contributed by atoms with Crippen LogP contribution in [0, 0.1) is 0 Å². The number of carbonyl (C=O) groups is 2. The van der Waals surface area contributed by atoms with E-state index in [2.05, 4.69) is 26.6 Å². The summed E-state index contributed by atoms with van der Waals surface area (Å²) in [7, 11) is 0. The second kappa shape index (κ2) is 9.55. The van der Waals surface area contributed by atoms with Crippen molar-refractivity contribution in [2.45, 2.75) is 32.1 Å². The van der Waals surface area contributed by atoms with Crippen LogP contribution in [0.2, 0.25) is 0 Å². The Kier molecular flexibility index (Phi) is 6.87. The largest absolute Gasteiger partial charge is 0.494 e. The van der Waals surface area contributed by atoms with Crippen LogP contribution in [0.4, 0.5) is 5.69 Å². The fraction of sp³-hybridized carbons (Fsp3) is 0.333. The van der Waals surface area contributed by atoms with Gasteiger partial charge in [0, 0.05) is 29.5 Å². The summed E-state index contributed by atoms with van der Waals surface area (Å²) in [4.78, 5) is 23.3. The zero-order chi connectivity index (χ0) is 19.1. The van der Waals surface area contributed by atoms with E-state index in [9.17, 15) is 9.59 Å². The van der Waals surface area contributed by atoms with Crippen LogP contribution in [-0.4, -0.2) is 25.0 Å². The first-order chi connectivity index (χ1) is 13.1. The number of benzene rings is 2. The molecule has 6 heteroatoms. The third-order valence-corrected chi connectivity index (χ3v) is 5.24. The number of hydrogen-bond acceptors (Lipinski definition) is 3. The zero-order valence-corrected chi connectivity index (χ0v) is 16.7. The van der Waals surface area contributed by atoms with Crippen LogP contribution in [0.1, 0.15) is 30.4 Å². The van der Waals surface area contributed by atoms with Gasteiger partial charge in [0.2, 0.25) is 11.8 Å². The Morgan fingerprint density at radius 3 is 2.89 bits per heavy atom. The lowest BCUT2D eigenvalue weighted by molar-refractivity contribution is -0.121. The maximum absolute atomic E-state index is 11.9. The Morgan fingerprint density at radius 2 is 2.04 bits per heavy atom. The van der Waals surface area contributed by atoms with Gasteiger partial charge in [-0.3, -0.25) is 9.59 Å². The molecular formula is C21H23BrN2O3. The molecule has 0 aromatic heterocycles. The molecule has 2 aromatic carbocycles. The van der Waals surface area contributed by atoms with E-state index in [1.54, 1.807) is 0 Å². The molecule has 0 aliphatic carbocycles. The Labute approximate surface area is 167 Å². The summed E-state index contributed by atoms with van der Waals surface area (Å²) in [5.74, 6) is 0.875. The Bertz CT molecular complexity index is 823. The van der Waals surface area contributed by atoms with Crippen molar-refractivity contribution in [2.75, 3.05) is 18.5 Å². The van der Waals surface area contributed by atoms with Crippen LogP contribution in [0.5, 0.6) is 5.75 Å². The van der Waals surface area contributed by atoms with E-state index in [-0.39, 0.29) is 11.8 Å². The molecule has 0 atom stereocenters. The predicted molar refractivity (Wildman–Crippen MR) is 109 cm³/mol. The summed E-state index contributed by atoms with van der Waals surface area (Å²) in [6, 6.07) is 13.7. The van der Waals surface area contributed by atoms with Gasteiger partial charge < -0.3 is 15.4 Å². The quantitative estimate of drug-likeness (QED) is 0.624. The Hall–Kier alpha value is -2.34. The number of nitrogens with one attached hydrogen (secondary N) is 2. The van der Waals surface area contributed by atoms with Crippen molar-refractivity contribution in [1.29, 1.82) is 0 Å². The molecule has 1 aliphatic rings. The molecule has 0 spiro atoms. The fourth-order valence-corrected chi connectivity index (χ4v) is 3.48. The van der Waals surface area contributed by atoms with E-state index in [0.717, 1.165) is 34.3 Å². The minimum absolute atomic E-state index is 0.0406. The van der Waals surface area contributed by atoms with Crippen LogP contribution in [0.15, 0.2) is 46.9 Å². The van der Waals surface area contributed by atoms with Gasteiger partial charge >= 0.3 is 0 Å². The van der Waals surface area contributed by atoms with Gasteiger partial charge in [-0.25, -0.2) is 0 Å². The molecule has 1 heterocycles. The molecule has 2 N–H and O–H groups in total. The molecule has 2 amide bonds. The minimum Gasteiger partial charge on any atom is -0.494 e. The number of anilines is 1. The molecule has 0 fully saturated rings. The van der Waals surface area contributed by atoms with Gasteiger partial charge in [-0.1, -0.05) is 34.1 Å². The Balaban J connectivity index is 1.33. The van der Waals surface area contributed by atoms with E-state index >= 15 is 0 Å². The highest BCUT2D eigenvalue weighted by Crippen LogP contribution is 2.26. The minimum atomic E-state index is 0.0406. The van der Waals surface area contributed by atoms with Crippen LogP contribution < -0.4 is 15.4 Å². The summed E-state index contributed by atoms with van der Waals surface area (Å²) >= 11 is 3.51. The summed E-state index contributed by atoms with van der Waals surface area (Å²) in [5.41, 5.74) is 3.14. The maximum Gasteiger partial charge on any atom is 0.224 e. The average Bonchev–Trinajstić information content (AvgIpc) is 2.67. The molecule has 2 aromatic rings. The molecule has 0 bridgehead atoms. The number of halogens is 1. The van der Waals surface area contributed by atoms with Crippen LogP contribution in [0.25, 0.3) is 0 Å². The third kappa shape index (κ3) is 5.82. The van der Waals surface area contributed by atoms with Gasteiger partial charge in [-0.15, -0.1) is 0 Å². The van der Waals surface area contributed by atoms with Gasteiger partial charge in [0.15, 0.2) is 0 Å². The van der Waals surface area contributed by atoms with Crippen molar-refractivity contribution in [2.24, 2.45) is 0 Å². The molecule has 0 unspecified atom stereocenters. The highest BCUT2D eigenvalue weighted by molar-refractivity contribution is 9.10. The van der Waals surface area contributed by atoms with E-state index in [0.29, 0.717) is 32.4 Å². The van der Waals surface area contributed by atoms with Crippen molar-refractivity contribution in [3.05, 3.63) is 58.1 Å². The second-order valence-corrected chi connectivity index (χ2v) is 7.36.